The molecular weight excluding hydrogens is 342 g/mol. The third-order valence-electron chi connectivity index (χ3n) is 4.04. The van der Waals surface area contributed by atoms with E-state index in [9.17, 15) is 0 Å². The molecule has 3 rings (SSSR count). The van der Waals surface area contributed by atoms with Crippen molar-refractivity contribution in [1.82, 2.24) is 14.9 Å². The Morgan fingerprint density at radius 2 is 1.95 bits per heavy atom. The number of ether oxygens (including phenoxy) is 1. The summed E-state index contributed by atoms with van der Waals surface area (Å²) in [5, 5.41) is 0. The molecule has 5 heteroatoms. The molecule has 1 aromatic heterocycles. The van der Waals surface area contributed by atoms with Crippen LogP contribution < -0.4 is 4.74 Å². The molecule has 0 bridgehead atoms. The molecule has 0 radical (unpaired) electrons. The van der Waals surface area contributed by atoms with Gasteiger partial charge < -0.3 is 4.74 Å². The normalized spacial score (nSPS) is 16.6. The van der Waals surface area contributed by atoms with Gasteiger partial charge in [-0.1, -0.05) is 22.9 Å². The molecule has 0 aliphatic carbocycles. The zero-order valence-electron chi connectivity index (χ0n) is 12.7. The molecule has 0 saturated carbocycles. The number of rotatable bonds is 4. The van der Waals surface area contributed by atoms with Crippen molar-refractivity contribution in [2.75, 3.05) is 13.1 Å². The molecule has 0 spiro atoms. The first kappa shape index (κ1) is 15.4. The molecule has 1 aliphatic rings. The Morgan fingerprint density at radius 1 is 1.23 bits per heavy atom. The number of aromatic nitrogens is 2. The second kappa shape index (κ2) is 7.20. The number of hydrogen-bond donors (Lipinski definition) is 0. The average Bonchev–Trinajstić information content (AvgIpc) is 2.53. The van der Waals surface area contributed by atoms with Gasteiger partial charge in [-0.3, -0.25) is 4.90 Å². The Morgan fingerprint density at radius 3 is 2.68 bits per heavy atom. The lowest BCUT2D eigenvalue weighted by molar-refractivity contribution is 0.184. The van der Waals surface area contributed by atoms with E-state index in [4.69, 9.17) is 4.74 Å². The second-order valence-electron chi connectivity index (χ2n) is 5.84. The lowest BCUT2D eigenvalue weighted by Gasteiger charge is -2.30. The monoisotopic (exact) mass is 361 g/mol. The molecule has 2 aromatic rings. The van der Waals surface area contributed by atoms with Gasteiger partial charge in [0, 0.05) is 29.0 Å². The highest BCUT2D eigenvalue weighted by Crippen LogP contribution is 2.28. The van der Waals surface area contributed by atoms with Crippen LogP contribution in [0.1, 0.15) is 25.3 Å². The van der Waals surface area contributed by atoms with E-state index in [1.54, 1.807) is 18.5 Å². The van der Waals surface area contributed by atoms with Crippen molar-refractivity contribution >= 4 is 15.9 Å². The van der Waals surface area contributed by atoms with Crippen LogP contribution in [0.4, 0.5) is 0 Å². The third kappa shape index (κ3) is 4.05. The molecule has 1 aromatic carbocycles. The summed E-state index contributed by atoms with van der Waals surface area (Å²) in [6.45, 7) is 5.52. The first-order chi connectivity index (χ1) is 10.7. The van der Waals surface area contributed by atoms with Gasteiger partial charge in [0.1, 0.15) is 5.75 Å². The maximum atomic E-state index is 5.86. The van der Waals surface area contributed by atoms with Gasteiger partial charge in [-0.2, -0.15) is 0 Å². The van der Waals surface area contributed by atoms with E-state index in [1.165, 1.54) is 12.8 Å². The summed E-state index contributed by atoms with van der Waals surface area (Å²) in [4.78, 5) is 10.8. The van der Waals surface area contributed by atoms with Crippen molar-refractivity contribution in [2.45, 2.75) is 26.3 Å². The number of halogens is 1. The molecule has 0 unspecified atom stereocenters. The van der Waals surface area contributed by atoms with Crippen molar-refractivity contribution in [3.05, 3.63) is 46.7 Å². The molecule has 0 atom stereocenters. The third-order valence-corrected chi connectivity index (χ3v) is 4.53. The van der Waals surface area contributed by atoms with E-state index >= 15 is 0 Å². The summed E-state index contributed by atoms with van der Waals surface area (Å²) in [7, 11) is 0. The van der Waals surface area contributed by atoms with Crippen LogP contribution in [-0.2, 0) is 6.54 Å². The lowest BCUT2D eigenvalue weighted by atomic mass is 9.99. The van der Waals surface area contributed by atoms with E-state index in [-0.39, 0.29) is 0 Å². The topological polar surface area (TPSA) is 38.2 Å². The van der Waals surface area contributed by atoms with Gasteiger partial charge in [0.2, 0.25) is 0 Å². The molecule has 4 nitrogen and oxygen atoms in total. The quantitative estimate of drug-likeness (QED) is 0.815. The summed E-state index contributed by atoms with van der Waals surface area (Å²) >= 11 is 3.55. The molecular formula is C17H20BrN3O. The predicted molar refractivity (Wildman–Crippen MR) is 89.9 cm³/mol. The SMILES string of the molecule is CC1CCN(Cc2cc(Br)ccc2Oc2ncccn2)CC1. The fourth-order valence-electron chi connectivity index (χ4n) is 2.67. The van der Waals surface area contributed by atoms with Gasteiger partial charge in [0.15, 0.2) is 0 Å². The van der Waals surface area contributed by atoms with E-state index in [2.05, 4.69) is 43.8 Å². The van der Waals surface area contributed by atoms with Crippen LogP contribution in [0.15, 0.2) is 41.1 Å². The minimum atomic E-state index is 0.387. The van der Waals surface area contributed by atoms with Gasteiger partial charge in [-0.15, -0.1) is 0 Å². The summed E-state index contributed by atoms with van der Waals surface area (Å²) in [6.07, 6.45) is 5.91. The summed E-state index contributed by atoms with van der Waals surface area (Å²) < 4.78 is 6.92. The molecule has 2 heterocycles. The van der Waals surface area contributed by atoms with Gasteiger partial charge in [0.05, 0.1) is 0 Å². The minimum Gasteiger partial charge on any atom is -0.424 e. The van der Waals surface area contributed by atoms with E-state index < -0.39 is 0 Å². The number of benzene rings is 1. The van der Waals surface area contributed by atoms with Gasteiger partial charge in [-0.25, -0.2) is 9.97 Å². The highest BCUT2D eigenvalue weighted by atomic mass is 79.9. The number of hydrogen-bond acceptors (Lipinski definition) is 4. The Bertz CT molecular complexity index is 613. The smallest absolute Gasteiger partial charge is 0.321 e. The van der Waals surface area contributed by atoms with E-state index in [0.29, 0.717) is 6.01 Å². The molecule has 22 heavy (non-hydrogen) atoms. The Hall–Kier alpha value is -1.46. The number of likely N-dealkylation sites (tertiary alicyclic amines) is 1. The predicted octanol–water partition coefficient (Wildman–Crippen LogP) is 4.26. The van der Waals surface area contributed by atoms with Crippen molar-refractivity contribution in [3.63, 3.8) is 0 Å². The minimum absolute atomic E-state index is 0.387. The van der Waals surface area contributed by atoms with Gasteiger partial charge in [0.25, 0.3) is 0 Å². The first-order valence-corrected chi connectivity index (χ1v) is 8.45. The molecule has 116 valence electrons. The summed E-state index contributed by atoms with van der Waals surface area (Å²) in [5.74, 6) is 1.67. The Kier molecular flexibility index (Phi) is 5.05. The van der Waals surface area contributed by atoms with Crippen molar-refractivity contribution in [3.8, 4) is 11.8 Å². The van der Waals surface area contributed by atoms with Crippen LogP contribution in [0.2, 0.25) is 0 Å². The average molecular weight is 362 g/mol. The first-order valence-electron chi connectivity index (χ1n) is 7.66. The van der Waals surface area contributed by atoms with Crippen molar-refractivity contribution in [1.29, 1.82) is 0 Å². The van der Waals surface area contributed by atoms with Crippen molar-refractivity contribution < 1.29 is 4.74 Å². The molecule has 1 saturated heterocycles. The fourth-order valence-corrected chi connectivity index (χ4v) is 3.08. The Labute approximate surface area is 139 Å². The van der Waals surface area contributed by atoms with Crippen LogP contribution in [-0.4, -0.2) is 28.0 Å². The fraction of sp³-hybridized carbons (Fsp3) is 0.412. The van der Waals surface area contributed by atoms with Gasteiger partial charge >= 0.3 is 6.01 Å². The molecule has 1 fully saturated rings. The number of nitrogens with zero attached hydrogens (tertiary/aromatic N) is 3. The maximum Gasteiger partial charge on any atom is 0.321 e. The number of piperidine rings is 1. The van der Waals surface area contributed by atoms with E-state index in [0.717, 1.165) is 41.3 Å². The zero-order valence-corrected chi connectivity index (χ0v) is 14.3. The molecule has 0 N–H and O–H groups in total. The second-order valence-corrected chi connectivity index (χ2v) is 6.76. The standard InChI is InChI=1S/C17H20BrN3O/c1-13-5-9-21(10-6-13)12-14-11-15(18)3-4-16(14)22-17-19-7-2-8-20-17/h2-4,7-8,11,13H,5-6,9-10,12H2,1H3. The summed E-state index contributed by atoms with van der Waals surface area (Å²) in [6, 6.07) is 8.25. The maximum absolute atomic E-state index is 5.86. The summed E-state index contributed by atoms with van der Waals surface area (Å²) in [5.41, 5.74) is 1.16. The van der Waals surface area contributed by atoms with Crippen LogP contribution in [0.3, 0.4) is 0 Å². The Balaban J connectivity index is 1.76. The van der Waals surface area contributed by atoms with Crippen LogP contribution in [0.25, 0.3) is 0 Å². The lowest BCUT2D eigenvalue weighted by Crippen LogP contribution is -2.32. The van der Waals surface area contributed by atoms with Gasteiger partial charge in [-0.05, 0) is 56.1 Å². The largest absolute Gasteiger partial charge is 0.424 e. The highest BCUT2D eigenvalue weighted by molar-refractivity contribution is 9.10. The van der Waals surface area contributed by atoms with Crippen molar-refractivity contribution in [2.24, 2.45) is 5.92 Å². The van der Waals surface area contributed by atoms with Crippen LogP contribution >= 0.6 is 15.9 Å². The molecule has 1 aliphatic heterocycles. The molecule has 0 amide bonds. The van der Waals surface area contributed by atoms with Crippen LogP contribution in [0.5, 0.6) is 11.8 Å². The van der Waals surface area contributed by atoms with Crippen LogP contribution in [0, 0.1) is 5.92 Å². The van der Waals surface area contributed by atoms with E-state index in [1.807, 2.05) is 12.1 Å². The highest BCUT2D eigenvalue weighted by Gasteiger charge is 2.18. The zero-order chi connectivity index (χ0) is 15.4.